The number of likely N-dealkylation sites (tertiary alicyclic amines) is 1. The highest BCUT2D eigenvalue weighted by molar-refractivity contribution is 5.80. The lowest BCUT2D eigenvalue weighted by Crippen LogP contribution is -2.56. The van der Waals surface area contributed by atoms with E-state index in [4.69, 9.17) is 0 Å². The Morgan fingerprint density at radius 3 is 2.45 bits per heavy atom. The quantitative estimate of drug-likeness (QED) is 0.377. The van der Waals surface area contributed by atoms with E-state index >= 15 is 4.39 Å². The molecule has 0 aliphatic carbocycles. The lowest BCUT2D eigenvalue weighted by atomic mass is 9.91. The first-order valence-corrected chi connectivity index (χ1v) is 13.6. The van der Waals surface area contributed by atoms with Gasteiger partial charge < -0.3 is 15.3 Å². The molecule has 2 amide bonds. The lowest BCUT2D eigenvalue weighted by molar-refractivity contribution is -0.150. The molecule has 6 nitrogen and oxygen atoms in total. The van der Waals surface area contributed by atoms with Gasteiger partial charge in [-0.1, -0.05) is 56.8 Å². The molecule has 3 atom stereocenters. The van der Waals surface area contributed by atoms with Crippen molar-refractivity contribution in [1.29, 1.82) is 0 Å². The summed E-state index contributed by atoms with van der Waals surface area (Å²) in [6.07, 6.45) is 3.13. The number of halogens is 1. The molecule has 204 valence electrons. The summed E-state index contributed by atoms with van der Waals surface area (Å²) in [5.41, 5.74) is 2.75. The Hall–Kier alpha value is -3.03. The van der Waals surface area contributed by atoms with Crippen LogP contribution in [-0.4, -0.2) is 46.0 Å². The molecular weight excluding hydrogens is 481 g/mol. The second kappa shape index (κ2) is 11.8. The van der Waals surface area contributed by atoms with Gasteiger partial charge in [-0.2, -0.15) is 0 Å². The van der Waals surface area contributed by atoms with Crippen molar-refractivity contribution in [3.05, 3.63) is 82.3 Å². The zero-order valence-electron chi connectivity index (χ0n) is 22.8. The molecular formula is C31H40FN3O3. The first-order chi connectivity index (χ1) is 18.1. The number of aryl methyl sites for hydroxylation is 3. The van der Waals surface area contributed by atoms with Crippen molar-refractivity contribution in [2.45, 2.75) is 71.7 Å². The van der Waals surface area contributed by atoms with Gasteiger partial charge in [0.05, 0.1) is 5.70 Å². The summed E-state index contributed by atoms with van der Waals surface area (Å²) >= 11 is 0. The van der Waals surface area contributed by atoms with Gasteiger partial charge in [0.2, 0.25) is 12.3 Å². The summed E-state index contributed by atoms with van der Waals surface area (Å²) < 4.78 is 15.6. The fourth-order valence-electron chi connectivity index (χ4n) is 6.12. The minimum Gasteiger partial charge on any atom is -0.365 e. The van der Waals surface area contributed by atoms with E-state index in [-0.39, 0.29) is 36.8 Å². The van der Waals surface area contributed by atoms with E-state index in [0.717, 1.165) is 35.3 Å². The fourth-order valence-corrected chi connectivity index (χ4v) is 6.12. The summed E-state index contributed by atoms with van der Waals surface area (Å²) in [4.78, 5) is 27.5. The number of nitrogens with zero attached hydrogens (tertiary/aromatic N) is 2. The normalized spacial score (nSPS) is 24.2. The molecule has 7 heteroatoms. The Morgan fingerprint density at radius 1 is 1.13 bits per heavy atom. The van der Waals surface area contributed by atoms with Crippen molar-refractivity contribution in [3.63, 3.8) is 0 Å². The Labute approximate surface area is 225 Å². The van der Waals surface area contributed by atoms with Gasteiger partial charge in [-0.05, 0) is 60.3 Å². The van der Waals surface area contributed by atoms with Crippen LogP contribution in [0.15, 0.2) is 48.7 Å². The number of aliphatic hydroxyl groups is 1. The molecule has 2 saturated heterocycles. The monoisotopic (exact) mass is 521 g/mol. The largest absolute Gasteiger partial charge is 0.365 e. The van der Waals surface area contributed by atoms with Crippen LogP contribution in [0.25, 0.3) is 0 Å². The van der Waals surface area contributed by atoms with Crippen molar-refractivity contribution in [1.82, 2.24) is 15.1 Å². The highest BCUT2D eigenvalue weighted by atomic mass is 19.1. The van der Waals surface area contributed by atoms with Gasteiger partial charge in [0.15, 0.2) is 5.72 Å². The molecule has 3 unspecified atom stereocenters. The summed E-state index contributed by atoms with van der Waals surface area (Å²) in [5, 5.41) is 13.8. The number of amides is 2. The minimum absolute atomic E-state index is 0.0875. The zero-order valence-corrected chi connectivity index (χ0v) is 22.8. The van der Waals surface area contributed by atoms with E-state index in [1.165, 1.54) is 11.3 Å². The Balaban J connectivity index is 1.50. The number of carbonyl (C=O) groups is 2. The summed E-state index contributed by atoms with van der Waals surface area (Å²) in [6, 6.07) is 11.6. The van der Waals surface area contributed by atoms with Crippen LogP contribution in [-0.2, 0) is 35.5 Å². The van der Waals surface area contributed by atoms with Crippen LogP contribution in [0.1, 0.15) is 60.9 Å². The molecule has 0 spiro atoms. The second-order valence-electron chi connectivity index (χ2n) is 11.3. The van der Waals surface area contributed by atoms with E-state index in [9.17, 15) is 14.7 Å². The molecule has 38 heavy (non-hydrogen) atoms. The number of hydrogen-bond donors (Lipinski definition) is 2. The van der Waals surface area contributed by atoms with Crippen LogP contribution in [0, 0.1) is 24.6 Å². The van der Waals surface area contributed by atoms with E-state index in [1.54, 1.807) is 0 Å². The maximum atomic E-state index is 15.6. The highest BCUT2D eigenvalue weighted by Gasteiger charge is 2.41. The van der Waals surface area contributed by atoms with Crippen molar-refractivity contribution < 1.29 is 19.1 Å². The van der Waals surface area contributed by atoms with E-state index in [1.807, 2.05) is 43.3 Å². The fraction of sp³-hybridized carbons (Fsp3) is 0.484. The van der Waals surface area contributed by atoms with Gasteiger partial charge in [0.1, 0.15) is 5.82 Å². The Kier molecular flexibility index (Phi) is 8.68. The number of rotatable bonds is 9. The number of carbonyl (C=O) groups excluding carboxylic acids is 2. The lowest BCUT2D eigenvalue weighted by Gasteiger charge is -2.41. The molecule has 2 N–H and O–H groups in total. The Bertz CT molecular complexity index is 1190. The van der Waals surface area contributed by atoms with E-state index in [2.05, 4.69) is 30.6 Å². The molecule has 2 aliphatic heterocycles. The number of nitrogens with one attached hydrogen (secondary N) is 1. The van der Waals surface area contributed by atoms with Crippen LogP contribution in [0.2, 0.25) is 0 Å². The van der Waals surface area contributed by atoms with Crippen molar-refractivity contribution in [3.8, 4) is 0 Å². The van der Waals surface area contributed by atoms with Gasteiger partial charge in [0, 0.05) is 44.6 Å². The van der Waals surface area contributed by atoms with E-state index in [0.29, 0.717) is 43.2 Å². The minimum atomic E-state index is -1.65. The van der Waals surface area contributed by atoms with Crippen molar-refractivity contribution in [2.75, 3.05) is 13.1 Å². The van der Waals surface area contributed by atoms with Gasteiger partial charge in [0.25, 0.3) is 0 Å². The van der Waals surface area contributed by atoms with Crippen LogP contribution < -0.4 is 5.32 Å². The van der Waals surface area contributed by atoms with Gasteiger partial charge in [-0.3, -0.25) is 14.5 Å². The third kappa shape index (κ3) is 6.16. The molecule has 2 aliphatic rings. The second-order valence-corrected chi connectivity index (χ2v) is 11.3. The predicted molar refractivity (Wildman–Crippen MR) is 146 cm³/mol. The summed E-state index contributed by atoms with van der Waals surface area (Å²) in [7, 11) is 0. The molecule has 2 aromatic rings. The molecule has 0 radical (unpaired) electrons. The average molecular weight is 522 g/mol. The van der Waals surface area contributed by atoms with Gasteiger partial charge in [-0.25, -0.2) is 4.39 Å². The van der Waals surface area contributed by atoms with Gasteiger partial charge in [-0.15, -0.1) is 0 Å². The standard InChI is InChI=1S/C31H40FN3O3/c1-21-15-22(2)17-34(16-21)18-27-10-6-9-26(30(27)32)12-11-25-8-5-7-23(3)28(25)19-35(20-36)31(38)14-13-29(37)33-24(31)4/h5-10,20-22,38H,4,11-19H2,1-3H3,(H,33,37). The van der Waals surface area contributed by atoms with Crippen molar-refractivity contribution in [2.24, 2.45) is 11.8 Å². The van der Waals surface area contributed by atoms with Gasteiger partial charge >= 0.3 is 0 Å². The number of piperidine rings is 2. The zero-order chi connectivity index (χ0) is 27.4. The molecule has 0 bridgehead atoms. The molecule has 0 saturated carbocycles. The van der Waals surface area contributed by atoms with Crippen LogP contribution in [0.3, 0.4) is 0 Å². The molecule has 2 heterocycles. The smallest absolute Gasteiger partial charge is 0.224 e. The SMILES string of the molecule is C=C1NC(=O)CCC1(O)N(C=O)Cc1c(C)cccc1CCc1cccc(CN2CC(C)CC(C)C2)c1F. The molecule has 0 aromatic heterocycles. The van der Waals surface area contributed by atoms with Crippen LogP contribution >= 0.6 is 0 Å². The third-order valence-corrected chi connectivity index (χ3v) is 8.07. The molecule has 2 fully saturated rings. The van der Waals surface area contributed by atoms with E-state index < -0.39 is 5.72 Å². The van der Waals surface area contributed by atoms with Crippen LogP contribution in [0.4, 0.5) is 4.39 Å². The maximum absolute atomic E-state index is 15.6. The Morgan fingerprint density at radius 2 is 1.76 bits per heavy atom. The topological polar surface area (TPSA) is 72.9 Å². The van der Waals surface area contributed by atoms with Crippen LogP contribution in [0.5, 0.6) is 0 Å². The molecule has 4 rings (SSSR count). The first kappa shape index (κ1) is 28.0. The average Bonchev–Trinajstić information content (AvgIpc) is 2.86. The third-order valence-electron chi connectivity index (χ3n) is 8.07. The van der Waals surface area contributed by atoms with Crippen molar-refractivity contribution >= 4 is 12.3 Å². The summed E-state index contributed by atoms with van der Waals surface area (Å²) in [6.45, 7) is 13.1. The summed E-state index contributed by atoms with van der Waals surface area (Å²) in [5.74, 6) is 0.882. The number of hydrogen-bond acceptors (Lipinski definition) is 4. The number of benzene rings is 2. The highest BCUT2D eigenvalue weighted by Crippen LogP contribution is 2.31. The maximum Gasteiger partial charge on any atom is 0.224 e. The molecule has 2 aromatic carbocycles. The predicted octanol–water partition coefficient (Wildman–Crippen LogP) is 4.47. The first-order valence-electron chi connectivity index (χ1n) is 13.6.